The lowest BCUT2D eigenvalue weighted by Gasteiger charge is -2.47. The van der Waals surface area contributed by atoms with Gasteiger partial charge < -0.3 is 64.5 Å². The van der Waals surface area contributed by atoms with Crippen LogP contribution in [-0.4, -0.2) is 87.1 Å². The van der Waals surface area contributed by atoms with E-state index in [9.17, 15) is 86.1 Å². The third-order valence-corrected chi connectivity index (χ3v) is 14.9. The molecule has 0 aliphatic carbocycles. The third-order valence-electron chi connectivity index (χ3n) is 3.57. The monoisotopic (exact) mass is 582 g/mol. The fourth-order valence-corrected chi connectivity index (χ4v) is 12.5. The largest absolute Gasteiger partial charge is 0.354 e. The van der Waals surface area contributed by atoms with Gasteiger partial charge in [-0.05, 0) is 0 Å². The molecule has 188 valence electrons. The lowest BCUT2D eigenvalue weighted by atomic mass is 10.1. The van der Waals surface area contributed by atoms with Crippen LogP contribution >= 0.6 is 45.6 Å². The van der Waals surface area contributed by atoms with Crippen molar-refractivity contribution in [1.82, 2.24) is 5.32 Å². The SMILES string of the molecule is NCC(NC(P(=O)(O)O)P(=O)(O)O)(C(P(=O)(O)O)P(=O)(O)O)C(P(=O)(O)O)P(=O)(O)O. The van der Waals surface area contributed by atoms with Gasteiger partial charge in [0.2, 0.25) is 5.52 Å². The van der Waals surface area contributed by atoms with Crippen molar-refractivity contribution in [3.05, 3.63) is 0 Å². The predicted octanol–water partition coefficient (Wildman–Crippen LogP) is -3.72. The van der Waals surface area contributed by atoms with E-state index in [1.807, 2.05) is 0 Å². The number of hydrogen-bond donors (Lipinski definition) is 14. The van der Waals surface area contributed by atoms with Crippen LogP contribution in [-0.2, 0) is 27.4 Å². The zero-order valence-corrected chi connectivity index (χ0v) is 19.9. The molecule has 0 aromatic heterocycles. The second kappa shape index (κ2) is 9.46. The number of hydrogen-bond acceptors (Lipinski definition) is 8. The molecule has 0 atom stereocenters. The number of rotatable bonds is 11. The van der Waals surface area contributed by atoms with Crippen molar-refractivity contribution >= 4 is 45.6 Å². The summed E-state index contributed by atoms with van der Waals surface area (Å²) in [6.07, 6.45) is 0. The molecule has 26 heteroatoms. The second-order valence-electron chi connectivity index (χ2n) is 6.04. The summed E-state index contributed by atoms with van der Waals surface area (Å²) in [5, 5.41) is -7.01. The van der Waals surface area contributed by atoms with Gasteiger partial charge in [0.25, 0.3) is 0 Å². The normalized spacial score (nSPS) is 15.9. The highest BCUT2D eigenvalue weighted by Crippen LogP contribution is 2.73. The van der Waals surface area contributed by atoms with Gasteiger partial charge in [0.1, 0.15) is 0 Å². The summed E-state index contributed by atoms with van der Waals surface area (Å²) in [6.45, 7) is -2.02. The van der Waals surface area contributed by atoms with E-state index >= 15 is 0 Å². The minimum absolute atomic E-state index is 0.903. The van der Waals surface area contributed by atoms with Gasteiger partial charge in [0, 0.05) is 6.54 Å². The molecule has 0 aromatic carbocycles. The average molecular weight is 582 g/mol. The number of nitrogens with one attached hydrogen (secondary N) is 1. The van der Waals surface area contributed by atoms with Gasteiger partial charge in [-0.15, -0.1) is 0 Å². The Morgan fingerprint density at radius 2 is 0.774 bits per heavy atom. The van der Waals surface area contributed by atoms with Gasteiger partial charge in [0.05, 0.1) is 5.54 Å². The average Bonchev–Trinajstić information content (AvgIpc) is 2.35. The van der Waals surface area contributed by atoms with Crippen molar-refractivity contribution in [1.29, 1.82) is 0 Å². The van der Waals surface area contributed by atoms with Crippen molar-refractivity contribution < 1.29 is 86.1 Å². The van der Waals surface area contributed by atoms with Gasteiger partial charge in [-0.2, -0.15) is 0 Å². The topological polar surface area (TPSA) is 383 Å². The molecule has 15 N–H and O–H groups in total. The fourth-order valence-electron chi connectivity index (χ4n) is 2.75. The van der Waals surface area contributed by atoms with E-state index in [4.69, 9.17) is 5.73 Å². The van der Waals surface area contributed by atoms with Crippen LogP contribution in [0.3, 0.4) is 0 Å². The zero-order chi connectivity index (χ0) is 25.6. The van der Waals surface area contributed by atoms with Crippen LogP contribution in [0.4, 0.5) is 0 Å². The Balaban J connectivity index is 7.80. The molecule has 0 aromatic rings. The lowest BCUT2D eigenvalue weighted by molar-refractivity contribution is 0.233. The smallest absolute Gasteiger partial charge is 0.329 e. The van der Waals surface area contributed by atoms with Crippen LogP contribution in [0.1, 0.15) is 0 Å². The molecule has 0 fully saturated rings. The molecule has 0 rings (SSSR count). The van der Waals surface area contributed by atoms with E-state index in [0.717, 1.165) is 5.32 Å². The Kier molecular flexibility index (Phi) is 9.71. The van der Waals surface area contributed by atoms with Crippen LogP contribution in [0.25, 0.3) is 0 Å². The summed E-state index contributed by atoms with van der Waals surface area (Å²) in [6, 6.07) is 0. The first kappa shape index (κ1) is 31.8. The highest BCUT2D eigenvalue weighted by Gasteiger charge is 2.70. The van der Waals surface area contributed by atoms with Crippen molar-refractivity contribution in [2.45, 2.75) is 21.9 Å². The van der Waals surface area contributed by atoms with E-state index < -0.39 is 74.0 Å². The van der Waals surface area contributed by atoms with Gasteiger partial charge >= 0.3 is 45.6 Å². The minimum atomic E-state index is -6.49. The van der Waals surface area contributed by atoms with Crippen molar-refractivity contribution in [2.75, 3.05) is 6.54 Å². The summed E-state index contributed by atoms with van der Waals surface area (Å²) in [4.78, 5) is 112. The maximum absolute atomic E-state index is 11.8. The Morgan fingerprint density at radius 3 is 0.903 bits per heavy atom. The van der Waals surface area contributed by atoms with Crippen LogP contribution < -0.4 is 11.1 Å². The molecule has 0 bridgehead atoms. The maximum atomic E-state index is 11.8. The van der Waals surface area contributed by atoms with Crippen molar-refractivity contribution in [3.8, 4) is 0 Å². The first-order chi connectivity index (χ1) is 13.1. The van der Waals surface area contributed by atoms with Crippen molar-refractivity contribution in [3.63, 3.8) is 0 Å². The number of nitrogens with two attached hydrogens (primary N) is 1. The Hall–Kier alpha value is 0.820. The first-order valence-corrected chi connectivity index (χ1v) is 17.0. The van der Waals surface area contributed by atoms with Crippen LogP contribution in [0.15, 0.2) is 0 Å². The highest BCUT2D eigenvalue weighted by atomic mass is 31.2. The second-order valence-corrected chi connectivity index (χ2v) is 17.4. The van der Waals surface area contributed by atoms with Gasteiger partial charge in [-0.3, -0.25) is 32.7 Å². The molecule has 0 radical (unpaired) electrons. The maximum Gasteiger partial charge on any atom is 0.354 e. The molecule has 0 unspecified atom stereocenters. The quantitative estimate of drug-likeness (QED) is 0.104. The molecular weight excluding hydrogens is 562 g/mol. The van der Waals surface area contributed by atoms with E-state index in [2.05, 4.69) is 0 Å². The molecule has 0 aliphatic rings. The van der Waals surface area contributed by atoms with E-state index in [-0.39, 0.29) is 0 Å². The Bertz CT molecular complexity index is 826. The first-order valence-electron chi connectivity index (χ1n) is 6.92. The van der Waals surface area contributed by atoms with Crippen LogP contribution in [0.5, 0.6) is 0 Å². The summed E-state index contributed by atoms with van der Waals surface area (Å²) in [5.41, 5.74) is -2.89. The molecule has 0 spiro atoms. The van der Waals surface area contributed by atoms with Crippen LogP contribution in [0, 0.1) is 0 Å². The van der Waals surface area contributed by atoms with E-state index in [0.29, 0.717) is 0 Å². The predicted molar refractivity (Wildman–Crippen MR) is 98.5 cm³/mol. The summed E-state index contributed by atoms with van der Waals surface area (Å²) in [5.74, 6) is 0. The fraction of sp³-hybridized carbons (Fsp3) is 1.00. The summed E-state index contributed by atoms with van der Waals surface area (Å²) < 4.78 is 70.4. The van der Waals surface area contributed by atoms with Crippen molar-refractivity contribution in [2.24, 2.45) is 5.73 Å². The molecule has 0 saturated heterocycles. The van der Waals surface area contributed by atoms with E-state index in [1.54, 1.807) is 0 Å². The van der Waals surface area contributed by atoms with Gasteiger partial charge in [-0.1, -0.05) is 0 Å². The molecule has 20 nitrogen and oxygen atoms in total. The molecule has 31 heavy (non-hydrogen) atoms. The van der Waals surface area contributed by atoms with Gasteiger partial charge in [-0.25, -0.2) is 0 Å². The Labute approximate surface area is 171 Å². The van der Waals surface area contributed by atoms with E-state index in [1.165, 1.54) is 0 Å². The molecule has 0 heterocycles. The third kappa shape index (κ3) is 7.93. The van der Waals surface area contributed by atoms with Gasteiger partial charge in [0.15, 0.2) is 10.8 Å². The summed E-state index contributed by atoms with van der Waals surface area (Å²) in [7, 11) is -38.4. The molecule has 0 aliphatic heterocycles. The zero-order valence-electron chi connectivity index (χ0n) is 14.5. The molecule has 0 amide bonds. The minimum Gasteiger partial charge on any atom is -0.329 e. The molecular formula is C5H20N2O18P6. The Morgan fingerprint density at radius 1 is 0.548 bits per heavy atom. The summed E-state index contributed by atoms with van der Waals surface area (Å²) >= 11 is 0. The highest BCUT2D eigenvalue weighted by molar-refractivity contribution is 7.73. The van der Waals surface area contributed by atoms with Crippen LogP contribution in [0.2, 0.25) is 0 Å². The standard InChI is InChI=1S/C5H20N2O18P6/c6-1-5(2(26(8,9)10)27(11,12)13,3(28(14,15)16)29(17,18)19)7-4(30(20,21)22)31(23,24)25/h2-4,7H,1,6H2,(H2,8,9,10)(H2,11,12,13)(H2,14,15,16)(H2,17,18,19)(H2,20,21,22)(H2,23,24,25). The molecule has 0 saturated carbocycles. The lowest BCUT2D eigenvalue weighted by Crippen LogP contribution is -2.67.